The molecule has 1 aliphatic rings. The third kappa shape index (κ3) is 3.84. The molecule has 4 heterocycles. The molecule has 3 aromatic heterocycles. The fourth-order valence-electron chi connectivity index (χ4n) is 8.59. The highest BCUT2D eigenvalue weighted by molar-refractivity contribution is 7.26. The quantitative estimate of drug-likeness (QED) is 0.182. The van der Waals surface area contributed by atoms with Crippen molar-refractivity contribution in [2.24, 2.45) is 0 Å². The van der Waals surface area contributed by atoms with Crippen molar-refractivity contribution in [3.05, 3.63) is 170 Å². The second-order valence-electron chi connectivity index (χ2n) is 13.7. The number of rotatable bonds is 3. The molecule has 0 saturated carbocycles. The minimum atomic E-state index is 0.870. The highest BCUT2D eigenvalue weighted by atomic mass is 32.1. The van der Waals surface area contributed by atoms with Gasteiger partial charge >= 0.3 is 0 Å². The molecule has 0 amide bonds. The van der Waals surface area contributed by atoms with Crippen molar-refractivity contribution in [2.75, 3.05) is 0 Å². The third-order valence-corrected chi connectivity index (χ3v) is 12.1. The summed E-state index contributed by atoms with van der Waals surface area (Å²) >= 11 is 1.88. The topological polar surface area (TPSA) is 19.1 Å². The zero-order valence-electron chi connectivity index (χ0n) is 27.9. The Morgan fingerprint density at radius 3 is 1.92 bits per heavy atom. The van der Waals surface area contributed by atoms with Crippen LogP contribution in [0, 0.1) is 0 Å². The maximum Gasteiger partial charge on any atom is 0.152 e. The van der Waals surface area contributed by atoms with Crippen LogP contribution in [-0.4, -0.2) is 9.13 Å². The maximum absolute atomic E-state index is 6.47. The zero-order chi connectivity index (χ0) is 33.9. The summed E-state index contributed by atoms with van der Waals surface area (Å²) in [6.07, 6.45) is 0. The molecule has 0 aliphatic carbocycles. The molecule has 0 radical (unpaired) electrons. The number of benzene rings is 8. The smallest absolute Gasteiger partial charge is 0.152 e. The summed E-state index contributed by atoms with van der Waals surface area (Å²) in [5.74, 6) is 1.77. The number of fused-ring (bicyclic) bond motifs is 11. The van der Waals surface area contributed by atoms with E-state index in [0.717, 1.165) is 39.5 Å². The van der Waals surface area contributed by atoms with E-state index >= 15 is 0 Å². The second-order valence-corrected chi connectivity index (χ2v) is 14.8. The Balaban J connectivity index is 0.974. The molecule has 52 heavy (non-hydrogen) atoms. The first-order chi connectivity index (χ1) is 25.8. The van der Waals surface area contributed by atoms with E-state index in [9.17, 15) is 0 Å². The molecule has 4 heteroatoms. The first-order valence-electron chi connectivity index (χ1n) is 17.7. The van der Waals surface area contributed by atoms with Crippen LogP contribution in [0.5, 0.6) is 11.5 Å². The van der Waals surface area contributed by atoms with E-state index < -0.39 is 0 Å². The van der Waals surface area contributed by atoms with Crippen molar-refractivity contribution in [3.8, 4) is 45.1 Å². The first kappa shape index (κ1) is 28.1. The Labute approximate surface area is 302 Å². The van der Waals surface area contributed by atoms with E-state index in [4.69, 9.17) is 4.74 Å². The van der Waals surface area contributed by atoms with Crippen LogP contribution in [0.2, 0.25) is 0 Å². The van der Waals surface area contributed by atoms with E-state index in [2.05, 4.69) is 179 Å². The standard InChI is InChI=1S/C48H28N2OS/c1-5-16-41-34(9-1)37-13-8-17-45-47(37)50(41)43-28-30(22-26-44(43)51-45)29-19-23-32(24-20-29)49-40-15-4-2-10-35(40)39-27-31(21-25-42(39)49)33-12-7-14-38-36-11-3-6-18-46(36)52-48(33)38/h1-28H. The molecule has 0 N–H and O–H groups in total. The van der Waals surface area contributed by atoms with Gasteiger partial charge in [0.2, 0.25) is 0 Å². The molecule has 242 valence electrons. The number of hydrogen-bond donors (Lipinski definition) is 0. The van der Waals surface area contributed by atoms with Crippen molar-refractivity contribution >= 4 is 75.1 Å². The Bertz CT molecular complexity index is 3270. The Morgan fingerprint density at radius 2 is 1.06 bits per heavy atom. The van der Waals surface area contributed by atoms with Gasteiger partial charge in [-0.15, -0.1) is 11.3 Å². The molecular formula is C48H28N2OS. The Kier molecular flexibility index (Phi) is 5.65. The van der Waals surface area contributed by atoms with Crippen LogP contribution in [-0.2, 0) is 0 Å². The molecule has 0 saturated heterocycles. The number of nitrogens with zero attached hydrogens (tertiary/aromatic N) is 2. The molecule has 11 aromatic rings. The van der Waals surface area contributed by atoms with Gasteiger partial charge in [-0.1, -0.05) is 109 Å². The lowest BCUT2D eigenvalue weighted by Crippen LogP contribution is -2.04. The van der Waals surface area contributed by atoms with Crippen LogP contribution in [0.25, 0.3) is 97.4 Å². The van der Waals surface area contributed by atoms with E-state index in [1.807, 2.05) is 11.3 Å². The third-order valence-electron chi connectivity index (χ3n) is 10.9. The van der Waals surface area contributed by atoms with Gasteiger partial charge in [0.05, 0.1) is 27.8 Å². The second kappa shape index (κ2) is 10.5. The van der Waals surface area contributed by atoms with E-state index in [0.29, 0.717) is 0 Å². The molecule has 0 unspecified atom stereocenters. The minimum Gasteiger partial charge on any atom is -0.453 e. The van der Waals surface area contributed by atoms with Crippen LogP contribution in [0.4, 0.5) is 0 Å². The summed E-state index contributed by atoms with van der Waals surface area (Å²) in [4.78, 5) is 0. The number of thiophene rings is 1. The lowest BCUT2D eigenvalue weighted by Gasteiger charge is -2.21. The van der Waals surface area contributed by atoms with Crippen LogP contribution in [0.1, 0.15) is 0 Å². The maximum atomic E-state index is 6.47. The van der Waals surface area contributed by atoms with Gasteiger partial charge < -0.3 is 13.9 Å². The van der Waals surface area contributed by atoms with Gasteiger partial charge in [0.15, 0.2) is 11.5 Å². The van der Waals surface area contributed by atoms with E-state index in [-0.39, 0.29) is 0 Å². The van der Waals surface area contributed by atoms with E-state index in [1.54, 1.807) is 0 Å². The molecular weight excluding hydrogens is 653 g/mol. The predicted octanol–water partition coefficient (Wildman–Crippen LogP) is 13.7. The fourth-order valence-corrected chi connectivity index (χ4v) is 9.83. The van der Waals surface area contributed by atoms with Crippen LogP contribution in [0.3, 0.4) is 0 Å². The average molecular weight is 681 g/mol. The molecule has 8 aromatic carbocycles. The average Bonchev–Trinajstić information content (AvgIpc) is 3.87. The van der Waals surface area contributed by atoms with Crippen molar-refractivity contribution in [2.45, 2.75) is 0 Å². The molecule has 12 rings (SSSR count). The summed E-state index contributed by atoms with van der Waals surface area (Å²) < 4.78 is 13.9. The fraction of sp³-hybridized carbons (Fsp3) is 0. The Morgan fingerprint density at radius 1 is 0.404 bits per heavy atom. The first-order valence-corrected chi connectivity index (χ1v) is 18.5. The van der Waals surface area contributed by atoms with Crippen molar-refractivity contribution in [1.29, 1.82) is 0 Å². The normalized spacial score (nSPS) is 12.4. The largest absolute Gasteiger partial charge is 0.453 e. The molecule has 0 spiro atoms. The van der Waals surface area contributed by atoms with Crippen LogP contribution in [0.15, 0.2) is 170 Å². The zero-order valence-corrected chi connectivity index (χ0v) is 28.7. The van der Waals surface area contributed by atoms with Gasteiger partial charge in [0.1, 0.15) is 0 Å². The predicted molar refractivity (Wildman–Crippen MR) is 219 cm³/mol. The summed E-state index contributed by atoms with van der Waals surface area (Å²) in [5, 5.41) is 7.62. The molecule has 0 atom stereocenters. The highest BCUT2D eigenvalue weighted by Crippen LogP contribution is 2.47. The molecule has 0 bridgehead atoms. The van der Waals surface area contributed by atoms with Gasteiger partial charge in [-0.25, -0.2) is 0 Å². The van der Waals surface area contributed by atoms with Gasteiger partial charge in [-0.2, -0.15) is 0 Å². The van der Waals surface area contributed by atoms with Gasteiger partial charge in [0, 0.05) is 47.4 Å². The summed E-state index contributed by atoms with van der Waals surface area (Å²) in [6.45, 7) is 0. The highest BCUT2D eigenvalue weighted by Gasteiger charge is 2.24. The number of para-hydroxylation sites is 3. The molecule has 1 aliphatic heterocycles. The molecule has 0 fully saturated rings. The van der Waals surface area contributed by atoms with Gasteiger partial charge in [0.25, 0.3) is 0 Å². The van der Waals surface area contributed by atoms with Crippen molar-refractivity contribution in [3.63, 3.8) is 0 Å². The van der Waals surface area contributed by atoms with Crippen molar-refractivity contribution < 1.29 is 4.74 Å². The summed E-state index contributed by atoms with van der Waals surface area (Å²) in [5.41, 5.74) is 11.8. The number of ether oxygens (including phenoxy) is 1. The lowest BCUT2D eigenvalue weighted by atomic mass is 10.0. The van der Waals surface area contributed by atoms with Gasteiger partial charge in [-0.3, -0.25) is 0 Å². The Hall–Kier alpha value is -6.62. The molecule has 3 nitrogen and oxygen atoms in total. The van der Waals surface area contributed by atoms with Crippen LogP contribution < -0.4 is 4.74 Å². The van der Waals surface area contributed by atoms with Crippen molar-refractivity contribution in [1.82, 2.24) is 9.13 Å². The summed E-state index contributed by atoms with van der Waals surface area (Å²) in [7, 11) is 0. The monoisotopic (exact) mass is 680 g/mol. The number of aromatic nitrogens is 2. The van der Waals surface area contributed by atoms with E-state index in [1.165, 1.54) is 69.4 Å². The summed E-state index contributed by atoms with van der Waals surface area (Å²) in [6, 6.07) is 61.7. The number of hydrogen-bond acceptors (Lipinski definition) is 2. The van der Waals surface area contributed by atoms with Crippen LogP contribution >= 0.6 is 11.3 Å². The van der Waals surface area contributed by atoms with Gasteiger partial charge in [-0.05, 0) is 82.9 Å². The SMILES string of the molecule is c1ccc2c(c1)sc1c(-c3ccc4c(c3)c3ccccc3n4-c3ccc(-c4ccc5c(c4)-n4c6ccccc6c6cccc(c64)O5)cc3)cccc12. The minimum absolute atomic E-state index is 0.870. The lowest BCUT2D eigenvalue weighted by molar-refractivity contribution is 0.476.